The highest BCUT2D eigenvalue weighted by atomic mass is 16.5. The lowest BCUT2D eigenvalue weighted by Crippen LogP contribution is -2.18. The summed E-state index contributed by atoms with van der Waals surface area (Å²) in [5.41, 5.74) is 3.18. The van der Waals surface area contributed by atoms with Crippen molar-refractivity contribution < 1.29 is 14.6 Å². The highest BCUT2D eigenvalue weighted by molar-refractivity contribution is 5.92. The molecule has 2 aromatic heterocycles. The Morgan fingerprint density at radius 1 is 1.17 bits per heavy atom. The Labute approximate surface area is 179 Å². The molecule has 2 aliphatic carbocycles. The molecule has 2 aromatic rings. The summed E-state index contributed by atoms with van der Waals surface area (Å²) in [4.78, 5) is 16.6. The van der Waals surface area contributed by atoms with Crippen LogP contribution in [-0.2, 0) is 4.74 Å². The number of carboxylic acid groups (broad SMARTS) is 1. The molecule has 0 saturated heterocycles. The van der Waals surface area contributed by atoms with E-state index in [1.807, 2.05) is 6.07 Å². The summed E-state index contributed by atoms with van der Waals surface area (Å²) in [5, 5.41) is 16.0. The quantitative estimate of drug-likeness (QED) is 0.659. The second-order valence-corrected chi connectivity index (χ2v) is 9.55. The molecule has 0 radical (unpaired) electrons. The van der Waals surface area contributed by atoms with Crippen LogP contribution in [-0.4, -0.2) is 39.6 Å². The molecule has 6 heteroatoms. The molecular weight excluding hydrogens is 378 g/mol. The highest BCUT2D eigenvalue weighted by Crippen LogP contribution is 2.42. The van der Waals surface area contributed by atoms with E-state index in [0.717, 1.165) is 67.4 Å². The molecule has 1 N–H and O–H groups in total. The van der Waals surface area contributed by atoms with Crippen molar-refractivity contribution in [3.8, 4) is 0 Å². The van der Waals surface area contributed by atoms with Crippen molar-refractivity contribution in [1.82, 2.24) is 14.8 Å². The second kappa shape index (κ2) is 9.04. The third kappa shape index (κ3) is 4.11. The molecule has 0 bridgehead atoms. The van der Waals surface area contributed by atoms with E-state index in [1.165, 1.54) is 19.3 Å². The van der Waals surface area contributed by atoms with Gasteiger partial charge in [-0.15, -0.1) is 0 Å². The molecule has 2 fully saturated rings. The standard InChI is InChI=1S/C24H35N3O3/c1-15(2)22-21-19(17-11-9-16(10-12-17)14-30-3)13-20(24(28)29)25-23(21)27(26-22)18-7-5-4-6-8-18/h13,15-18H,4-12,14H2,1-3H3,(H,28,29). The van der Waals surface area contributed by atoms with Gasteiger partial charge in [-0.25, -0.2) is 14.5 Å². The number of aromatic carboxylic acids is 1. The number of ether oxygens (including phenoxy) is 1. The zero-order valence-corrected chi connectivity index (χ0v) is 18.6. The molecule has 0 atom stereocenters. The van der Waals surface area contributed by atoms with E-state index < -0.39 is 5.97 Å². The lowest BCUT2D eigenvalue weighted by molar-refractivity contribution is 0.0690. The van der Waals surface area contributed by atoms with Crippen LogP contribution in [0.1, 0.15) is 111 Å². The Morgan fingerprint density at radius 3 is 2.47 bits per heavy atom. The summed E-state index contributed by atoms with van der Waals surface area (Å²) in [6.45, 7) is 5.17. The normalized spacial score (nSPS) is 23.3. The van der Waals surface area contributed by atoms with Crippen molar-refractivity contribution in [1.29, 1.82) is 0 Å². The van der Waals surface area contributed by atoms with Crippen molar-refractivity contribution in [2.75, 3.05) is 13.7 Å². The van der Waals surface area contributed by atoms with Crippen LogP contribution in [0, 0.1) is 5.92 Å². The fourth-order valence-corrected chi connectivity index (χ4v) is 5.48. The third-order valence-corrected chi connectivity index (χ3v) is 7.09. The number of aromatic nitrogens is 3. The number of fused-ring (bicyclic) bond motifs is 1. The fourth-order valence-electron chi connectivity index (χ4n) is 5.48. The molecular formula is C24H35N3O3. The number of carboxylic acids is 1. The van der Waals surface area contributed by atoms with Crippen molar-refractivity contribution in [2.45, 2.75) is 89.5 Å². The summed E-state index contributed by atoms with van der Waals surface area (Å²) in [6.07, 6.45) is 10.3. The molecule has 2 aliphatic rings. The minimum atomic E-state index is -0.950. The van der Waals surface area contributed by atoms with Crippen LogP contribution < -0.4 is 0 Å². The van der Waals surface area contributed by atoms with Gasteiger partial charge < -0.3 is 9.84 Å². The Morgan fingerprint density at radius 2 is 1.87 bits per heavy atom. The number of rotatable bonds is 6. The molecule has 0 spiro atoms. The van der Waals surface area contributed by atoms with E-state index in [4.69, 9.17) is 9.84 Å². The monoisotopic (exact) mass is 413 g/mol. The number of nitrogens with zero attached hydrogens (tertiary/aromatic N) is 3. The number of methoxy groups -OCH3 is 1. The van der Waals surface area contributed by atoms with Crippen LogP contribution in [0.5, 0.6) is 0 Å². The topological polar surface area (TPSA) is 77.2 Å². The average molecular weight is 414 g/mol. The molecule has 0 amide bonds. The Kier molecular flexibility index (Phi) is 6.42. The zero-order chi connectivity index (χ0) is 21.3. The van der Waals surface area contributed by atoms with Crippen LogP contribution in [0.4, 0.5) is 0 Å². The molecule has 6 nitrogen and oxygen atoms in total. The SMILES string of the molecule is COCC1CCC(c2cc(C(=O)O)nc3c2c(C(C)C)nn3C2CCCCC2)CC1. The van der Waals surface area contributed by atoms with Crippen LogP contribution >= 0.6 is 0 Å². The van der Waals surface area contributed by atoms with Gasteiger partial charge in [0.1, 0.15) is 0 Å². The van der Waals surface area contributed by atoms with Crippen molar-refractivity contribution in [3.63, 3.8) is 0 Å². The first-order chi connectivity index (χ1) is 14.5. The Hall–Kier alpha value is -1.95. The highest BCUT2D eigenvalue weighted by Gasteiger charge is 2.30. The van der Waals surface area contributed by atoms with E-state index in [9.17, 15) is 9.90 Å². The maximum atomic E-state index is 11.9. The van der Waals surface area contributed by atoms with Crippen LogP contribution in [0.2, 0.25) is 0 Å². The van der Waals surface area contributed by atoms with Gasteiger partial charge in [0.2, 0.25) is 0 Å². The molecule has 0 unspecified atom stereocenters. The maximum absolute atomic E-state index is 11.9. The van der Waals surface area contributed by atoms with Gasteiger partial charge in [-0.2, -0.15) is 5.10 Å². The van der Waals surface area contributed by atoms with Gasteiger partial charge in [-0.3, -0.25) is 0 Å². The fraction of sp³-hybridized carbons (Fsp3) is 0.708. The number of carbonyl (C=O) groups is 1. The number of pyridine rings is 1. The van der Waals surface area contributed by atoms with Crippen molar-refractivity contribution in [3.05, 3.63) is 23.0 Å². The van der Waals surface area contributed by atoms with Gasteiger partial charge in [0, 0.05) is 19.1 Å². The Bertz CT molecular complexity index is 891. The molecule has 0 aromatic carbocycles. The van der Waals surface area contributed by atoms with Gasteiger partial charge in [0.05, 0.1) is 11.7 Å². The van der Waals surface area contributed by atoms with Gasteiger partial charge >= 0.3 is 5.97 Å². The summed E-state index contributed by atoms with van der Waals surface area (Å²) in [7, 11) is 1.77. The summed E-state index contributed by atoms with van der Waals surface area (Å²) in [5.74, 6) is 0.298. The van der Waals surface area contributed by atoms with Gasteiger partial charge in [0.25, 0.3) is 0 Å². The minimum absolute atomic E-state index is 0.156. The van der Waals surface area contributed by atoms with E-state index in [1.54, 1.807) is 7.11 Å². The molecule has 0 aliphatic heterocycles. The maximum Gasteiger partial charge on any atom is 0.354 e. The van der Waals surface area contributed by atoms with Crippen LogP contribution in [0.15, 0.2) is 6.07 Å². The first-order valence-electron chi connectivity index (χ1n) is 11.6. The third-order valence-electron chi connectivity index (χ3n) is 7.09. The summed E-state index contributed by atoms with van der Waals surface area (Å²) < 4.78 is 7.44. The predicted octanol–water partition coefficient (Wildman–Crippen LogP) is 5.68. The van der Waals surface area contributed by atoms with Gasteiger partial charge in [-0.1, -0.05) is 33.1 Å². The van der Waals surface area contributed by atoms with Crippen LogP contribution in [0.25, 0.3) is 11.0 Å². The first-order valence-corrected chi connectivity index (χ1v) is 11.6. The predicted molar refractivity (Wildman–Crippen MR) is 117 cm³/mol. The number of hydrogen-bond acceptors (Lipinski definition) is 4. The molecule has 4 rings (SSSR count). The lowest BCUT2D eigenvalue weighted by atomic mass is 9.77. The van der Waals surface area contributed by atoms with Gasteiger partial charge in [-0.05, 0) is 67.9 Å². The van der Waals surface area contributed by atoms with E-state index >= 15 is 0 Å². The zero-order valence-electron chi connectivity index (χ0n) is 18.6. The largest absolute Gasteiger partial charge is 0.477 e. The number of hydrogen-bond donors (Lipinski definition) is 1. The van der Waals surface area contributed by atoms with E-state index in [0.29, 0.717) is 17.9 Å². The van der Waals surface area contributed by atoms with E-state index in [-0.39, 0.29) is 11.6 Å². The molecule has 2 saturated carbocycles. The Balaban J connectivity index is 1.82. The first kappa shape index (κ1) is 21.3. The van der Waals surface area contributed by atoms with Crippen LogP contribution in [0.3, 0.4) is 0 Å². The molecule has 164 valence electrons. The lowest BCUT2D eigenvalue weighted by Gasteiger charge is -2.29. The molecule has 2 heterocycles. The average Bonchev–Trinajstić information content (AvgIpc) is 3.14. The molecule has 30 heavy (non-hydrogen) atoms. The minimum Gasteiger partial charge on any atom is -0.477 e. The van der Waals surface area contributed by atoms with Crippen molar-refractivity contribution >= 4 is 17.0 Å². The summed E-state index contributed by atoms with van der Waals surface area (Å²) >= 11 is 0. The van der Waals surface area contributed by atoms with Crippen molar-refractivity contribution in [2.24, 2.45) is 5.92 Å². The van der Waals surface area contributed by atoms with Gasteiger partial charge in [0.15, 0.2) is 11.3 Å². The second-order valence-electron chi connectivity index (χ2n) is 9.55. The van der Waals surface area contributed by atoms with E-state index in [2.05, 4.69) is 23.5 Å². The smallest absolute Gasteiger partial charge is 0.354 e. The summed E-state index contributed by atoms with van der Waals surface area (Å²) in [6, 6.07) is 2.17.